The molecule has 0 saturated heterocycles. The number of ether oxygens (including phenoxy) is 1. The highest BCUT2D eigenvalue weighted by molar-refractivity contribution is 5.88. The maximum absolute atomic E-state index is 13.3. The molecule has 0 atom stereocenters. The molecule has 0 aliphatic heterocycles. The normalized spacial score (nSPS) is 10.5. The Morgan fingerprint density at radius 3 is 1.97 bits per heavy atom. The predicted octanol–water partition coefficient (Wildman–Crippen LogP) is 4.72. The second-order valence-electron chi connectivity index (χ2n) is 6.56. The van der Waals surface area contributed by atoms with Gasteiger partial charge in [0, 0.05) is 13.1 Å². The monoisotopic (exact) mass is 412 g/mol. The van der Waals surface area contributed by atoms with E-state index in [1.807, 2.05) is 4.90 Å². The van der Waals surface area contributed by atoms with Crippen LogP contribution in [0.3, 0.4) is 0 Å². The number of pyridine rings is 1. The van der Waals surface area contributed by atoms with Gasteiger partial charge in [-0.25, -0.2) is 18.6 Å². The summed E-state index contributed by atoms with van der Waals surface area (Å²) in [6.45, 7) is 2.79. The van der Waals surface area contributed by atoms with Gasteiger partial charge in [0.1, 0.15) is 23.3 Å². The average Bonchev–Trinajstić information content (AvgIpc) is 2.72. The number of anilines is 3. The van der Waals surface area contributed by atoms with Crippen molar-refractivity contribution in [2.24, 2.45) is 0 Å². The molecule has 1 amide bonds. The maximum Gasteiger partial charge on any atom is 0.411 e. The first-order chi connectivity index (χ1) is 14.4. The molecular weight excluding hydrogens is 390 g/mol. The van der Waals surface area contributed by atoms with E-state index in [1.165, 1.54) is 24.3 Å². The summed E-state index contributed by atoms with van der Waals surface area (Å²) in [5.74, 6) is 0.0421. The Labute approximate surface area is 173 Å². The van der Waals surface area contributed by atoms with Crippen LogP contribution in [0.2, 0.25) is 0 Å². The van der Waals surface area contributed by atoms with Crippen molar-refractivity contribution in [3.8, 4) is 0 Å². The van der Waals surface area contributed by atoms with Crippen LogP contribution < -0.4 is 16.0 Å². The van der Waals surface area contributed by atoms with Crippen molar-refractivity contribution in [2.45, 2.75) is 20.0 Å². The number of carbonyl (C=O) groups is 1. The minimum absolute atomic E-state index is 0.128. The number of carbonyl (C=O) groups excluding carboxylic acids is 1. The van der Waals surface area contributed by atoms with Gasteiger partial charge in [-0.15, -0.1) is 0 Å². The molecule has 0 unspecified atom stereocenters. The van der Waals surface area contributed by atoms with Crippen molar-refractivity contribution < 1.29 is 18.3 Å². The van der Waals surface area contributed by atoms with Gasteiger partial charge in [0.2, 0.25) is 0 Å². The van der Waals surface area contributed by atoms with E-state index in [9.17, 15) is 13.6 Å². The highest BCUT2D eigenvalue weighted by Crippen LogP contribution is 2.24. The third-order valence-electron chi connectivity index (χ3n) is 4.32. The Morgan fingerprint density at radius 1 is 0.967 bits per heavy atom. The van der Waals surface area contributed by atoms with Gasteiger partial charge in [-0.1, -0.05) is 24.3 Å². The molecule has 0 bridgehead atoms. The van der Waals surface area contributed by atoms with Gasteiger partial charge < -0.3 is 15.4 Å². The van der Waals surface area contributed by atoms with Crippen molar-refractivity contribution in [3.63, 3.8) is 0 Å². The van der Waals surface area contributed by atoms with Crippen LogP contribution in [0.25, 0.3) is 0 Å². The molecule has 3 aromatic rings. The van der Waals surface area contributed by atoms with Gasteiger partial charge in [0.15, 0.2) is 0 Å². The van der Waals surface area contributed by atoms with Gasteiger partial charge in [-0.2, -0.15) is 0 Å². The van der Waals surface area contributed by atoms with E-state index < -0.39 is 6.09 Å². The molecule has 156 valence electrons. The number of benzene rings is 2. The fourth-order valence-corrected chi connectivity index (χ4v) is 2.86. The standard InChI is InChI=1S/C22H22F2N4O2/c1-2-30-22(29)26-19-11-12-20(27-21(19)25)28(13-15-3-7-17(23)8-4-15)14-16-5-9-18(24)10-6-16/h3-12H,2,13-14H2,1H3,(H2,25,27)(H,26,29). The lowest BCUT2D eigenvalue weighted by molar-refractivity contribution is 0.168. The molecule has 6 nitrogen and oxygen atoms in total. The molecule has 0 spiro atoms. The molecule has 0 saturated carbocycles. The molecule has 3 rings (SSSR count). The van der Waals surface area contributed by atoms with Crippen molar-refractivity contribution in [2.75, 3.05) is 22.6 Å². The highest BCUT2D eigenvalue weighted by Gasteiger charge is 2.14. The second kappa shape index (κ2) is 9.69. The smallest absolute Gasteiger partial charge is 0.411 e. The van der Waals surface area contributed by atoms with Crippen molar-refractivity contribution >= 4 is 23.4 Å². The molecule has 0 aliphatic carbocycles. The SMILES string of the molecule is CCOC(=O)Nc1ccc(N(Cc2ccc(F)cc2)Cc2ccc(F)cc2)nc1N. The number of nitrogens with one attached hydrogen (secondary N) is 1. The van der Waals surface area contributed by atoms with Gasteiger partial charge >= 0.3 is 6.09 Å². The van der Waals surface area contributed by atoms with Crippen molar-refractivity contribution in [3.05, 3.63) is 83.4 Å². The molecule has 1 heterocycles. The van der Waals surface area contributed by atoms with E-state index in [1.54, 1.807) is 43.3 Å². The lowest BCUT2D eigenvalue weighted by atomic mass is 10.1. The number of nitrogens with zero attached hydrogens (tertiary/aromatic N) is 2. The zero-order valence-corrected chi connectivity index (χ0v) is 16.4. The van der Waals surface area contributed by atoms with E-state index >= 15 is 0 Å². The molecule has 8 heteroatoms. The third kappa shape index (κ3) is 5.66. The Balaban J connectivity index is 1.86. The molecule has 3 N–H and O–H groups in total. The summed E-state index contributed by atoms with van der Waals surface area (Å²) in [6, 6.07) is 15.7. The lowest BCUT2D eigenvalue weighted by Crippen LogP contribution is -2.24. The zero-order valence-electron chi connectivity index (χ0n) is 16.4. The summed E-state index contributed by atoms with van der Waals surface area (Å²) in [4.78, 5) is 18.0. The molecule has 1 aromatic heterocycles. The number of halogens is 2. The summed E-state index contributed by atoms with van der Waals surface area (Å²) >= 11 is 0. The highest BCUT2D eigenvalue weighted by atomic mass is 19.1. The third-order valence-corrected chi connectivity index (χ3v) is 4.32. The number of amides is 1. The fraction of sp³-hybridized carbons (Fsp3) is 0.182. The second-order valence-corrected chi connectivity index (χ2v) is 6.56. The van der Waals surface area contributed by atoms with E-state index in [0.717, 1.165) is 11.1 Å². The zero-order chi connectivity index (χ0) is 21.5. The van der Waals surface area contributed by atoms with Gasteiger partial charge in [-0.05, 0) is 54.4 Å². The van der Waals surface area contributed by atoms with Gasteiger partial charge in [0.05, 0.1) is 12.3 Å². The summed E-state index contributed by atoms with van der Waals surface area (Å²) in [7, 11) is 0. The molecule has 0 aliphatic rings. The molecular formula is C22H22F2N4O2. The van der Waals surface area contributed by atoms with Crippen molar-refractivity contribution in [1.82, 2.24) is 4.98 Å². The lowest BCUT2D eigenvalue weighted by Gasteiger charge is -2.25. The van der Waals surface area contributed by atoms with Crippen LogP contribution in [0.4, 0.5) is 30.9 Å². The van der Waals surface area contributed by atoms with Crippen LogP contribution >= 0.6 is 0 Å². The minimum Gasteiger partial charge on any atom is -0.450 e. The Kier molecular flexibility index (Phi) is 6.79. The van der Waals surface area contributed by atoms with Crippen LogP contribution in [0.15, 0.2) is 60.7 Å². The maximum atomic E-state index is 13.3. The number of rotatable bonds is 7. The first kappa shape index (κ1) is 21.0. The number of hydrogen-bond donors (Lipinski definition) is 2. The van der Waals surface area contributed by atoms with E-state index in [0.29, 0.717) is 24.6 Å². The number of aromatic nitrogens is 1. The number of hydrogen-bond acceptors (Lipinski definition) is 5. The predicted molar refractivity (Wildman–Crippen MR) is 112 cm³/mol. The van der Waals surface area contributed by atoms with Gasteiger partial charge in [-0.3, -0.25) is 5.32 Å². The summed E-state index contributed by atoms with van der Waals surface area (Å²) in [6.07, 6.45) is -0.617. The van der Waals surface area contributed by atoms with E-state index in [4.69, 9.17) is 10.5 Å². The molecule has 0 fully saturated rings. The topological polar surface area (TPSA) is 80.5 Å². The quantitative estimate of drug-likeness (QED) is 0.587. The number of nitrogens with two attached hydrogens (primary N) is 1. The fourth-order valence-electron chi connectivity index (χ4n) is 2.86. The molecule has 0 radical (unpaired) electrons. The average molecular weight is 412 g/mol. The van der Waals surface area contributed by atoms with Crippen LogP contribution in [-0.2, 0) is 17.8 Å². The van der Waals surface area contributed by atoms with Gasteiger partial charge in [0.25, 0.3) is 0 Å². The van der Waals surface area contributed by atoms with Crippen LogP contribution in [0.1, 0.15) is 18.1 Å². The van der Waals surface area contributed by atoms with E-state index in [2.05, 4.69) is 10.3 Å². The van der Waals surface area contributed by atoms with E-state index in [-0.39, 0.29) is 24.1 Å². The Hall–Kier alpha value is -3.68. The minimum atomic E-state index is -0.617. The largest absolute Gasteiger partial charge is 0.450 e. The summed E-state index contributed by atoms with van der Waals surface area (Å²) in [5.41, 5.74) is 8.09. The Bertz CT molecular complexity index is 948. The molecule has 30 heavy (non-hydrogen) atoms. The summed E-state index contributed by atoms with van der Waals surface area (Å²) in [5, 5.41) is 2.54. The summed E-state index contributed by atoms with van der Waals surface area (Å²) < 4.78 is 31.4. The molecule has 2 aromatic carbocycles. The van der Waals surface area contributed by atoms with Crippen LogP contribution in [0, 0.1) is 11.6 Å². The Morgan fingerprint density at radius 2 is 1.50 bits per heavy atom. The first-order valence-corrected chi connectivity index (χ1v) is 9.38. The number of nitrogen functional groups attached to an aromatic ring is 1. The first-order valence-electron chi connectivity index (χ1n) is 9.38. The van der Waals surface area contributed by atoms with Crippen LogP contribution in [0.5, 0.6) is 0 Å². The van der Waals surface area contributed by atoms with Crippen molar-refractivity contribution in [1.29, 1.82) is 0 Å². The van der Waals surface area contributed by atoms with Crippen LogP contribution in [-0.4, -0.2) is 17.7 Å².